The van der Waals surface area contributed by atoms with Crippen LogP contribution in [0.3, 0.4) is 0 Å². The molecule has 8 heteroatoms. The lowest BCUT2D eigenvalue weighted by Gasteiger charge is -2.25. The number of carbonyl (C=O) groups excluding carboxylic acids is 1. The number of anilines is 1. The average molecular weight is 568 g/mol. The molecule has 0 saturated carbocycles. The summed E-state index contributed by atoms with van der Waals surface area (Å²) in [7, 11) is 0. The highest BCUT2D eigenvalue weighted by molar-refractivity contribution is 7.99. The predicted molar refractivity (Wildman–Crippen MR) is 163 cm³/mol. The summed E-state index contributed by atoms with van der Waals surface area (Å²) in [4.78, 5) is 21.3. The first-order chi connectivity index (χ1) is 18.2. The van der Waals surface area contributed by atoms with Gasteiger partial charge < -0.3 is 14.6 Å². The number of furan rings is 1. The van der Waals surface area contributed by atoms with Crippen LogP contribution in [-0.2, 0) is 6.54 Å². The molecule has 2 aromatic heterocycles. The zero-order chi connectivity index (χ0) is 27.4. The van der Waals surface area contributed by atoms with Crippen LogP contribution in [0.4, 0.5) is 10.5 Å². The quantitative estimate of drug-likeness (QED) is 0.204. The molecular formula is C30H34ClN3O2S2. The number of rotatable bonds is 9. The van der Waals surface area contributed by atoms with Crippen LogP contribution in [0.2, 0.25) is 5.02 Å². The van der Waals surface area contributed by atoms with Gasteiger partial charge in [-0.1, -0.05) is 49.2 Å². The molecule has 0 aliphatic carbocycles. The molecule has 4 rings (SSSR count). The normalized spacial score (nSPS) is 11.4. The standard InChI is InChI=1S/C30H34ClN3O2S2/c1-18(2)13-14-34(30(35)33-28-26(37-5)16-20(4)32-29(28)38-6)17-25-27(21-8-10-22(31)11-9-21)23-15-19(3)7-12-24(23)36-25/h7-12,15-16,18H,13-14,17H2,1-6H3,(H,33,35). The minimum Gasteiger partial charge on any atom is -0.459 e. The van der Waals surface area contributed by atoms with E-state index in [0.29, 0.717) is 24.0 Å². The topological polar surface area (TPSA) is 58.4 Å². The summed E-state index contributed by atoms with van der Waals surface area (Å²) in [6.45, 7) is 9.32. The SMILES string of the molecule is CSc1cc(C)nc(SC)c1NC(=O)N(CCC(C)C)Cc1oc2ccc(C)cc2c1-c1ccc(Cl)cc1. The number of thioether (sulfide) groups is 2. The maximum atomic E-state index is 13.8. The lowest BCUT2D eigenvalue weighted by molar-refractivity contribution is 0.201. The summed E-state index contributed by atoms with van der Waals surface area (Å²) in [6, 6.07) is 15.8. The Balaban J connectivity index is 1.75. The number of urea groups is 1. The molecule has 1 N–H and O–H groups in total. The molecule has 0 aliphatic heterocycles. The second kappa shape index (κ2) is 12.5. The lowest BCUT2D eigenvalue weighted by Crippen LogP contribution is -2.36. The molecule has 0 atom stereocenters. The molecule has 5 nitrogen and oxygen atoms in total. The number of carbonyl (C=O) groups is 1. The molecule has 0 aliphatic rings. The highest BCUT2D eigenvalue weighted by Crippen LogP contribution is 2.38. The van der Waals surface area contributed by atoms with Crippen LogP contribution in [0.25, 0.3) is 22.1 Å². The third-order valence-electron chi connectivity index (χ3n) is 6.37. The van der Waals surface area contributed by atoms with Gasteiger partial charge in [-0.2, -0.15) is 0 Å². The zero-order valence-corrected chi connectivity index (χ0v) is 25.1. The van der Waals surface area contributed by atoms with Gasteiger partial charge >= 0.3 is 6.03 Å². The van der Waals surface area contributed by atoms with Gasteiger partial charge in [0, 0.05) is 33.1 Å². The van der Waals surface area contributed by atoms with E-state index < -0.39 is 0 Å². The Kier molecular flexibility index (Phi) is 9.34. The molecule has 0 saturated heterocycles. The summed E-state index contributed by atoms with van der Waals surface area (Å²) in [5, 5.41) is 5.71. The van der Waals surface area contributed by atoms with Gasteiger partial charge in [0.15, 0.2) is 0 Å². The summed E-state index contributed by atoms with van der Waals surface area (Å²) < 4.78 is 6.41. The summed E-state index contributed by atoms with van der Waals surface area (Å²) in [5.41, 5.74) is 5.64. The molecule has 0 fully saturated rings. The van der Waals surface area contributed by atoms with Gasteiger partial charge in [-0.25, -0.2) is 9.78 Å². The first kappa shape index (κ1) is 28.4. The van der Waals surface area contributed by atoms with E-state index in [2.05, 4.69) is 37.1 Å². The third kappa shape index (κ3) is 6.50. The highest BCUT2D eigenvalue weighted by atomic mass is 35.5. The molecule has 2 amide bonds. The van der Waals surface area contributed by atoms with Crippen molar-refractivity contribution in [2.75, 3.05) is 24.4 Å². The Hall–Kier alpha value is -2.61. The van der Waals surface area contributed by atoms with Gasteiger partial charge in [0.25, 0.3) is 0 Å². The van der Waals surface area contributed by atoms with Crippen LogP contribution >= 0.6 is 35.1 Å². The van der Waals surface area contributed by atoms with E-state index in [9.17, 15) is 4.79 Å². The van der Waals surface area contributed by atoms with Crippen molar-refractivity contribution in [3.8, 4) is 11.1 Å². The molecule has 0 spiro atoms. The number of halogens is 1. The second-order valence-corrected chi connectivity index (χ2v) is 11.9. The molecule has 0 radical (unpaired) electrons. The Morgan fingerprint density at radius 2 is 1.82 bits per heavy atom. The first-order valence-corrected chi connectivity index (χ1v) is 15.5. The Morgan fingerprint density at radius 3 is 2.47 bits per heavy atom. The number of nitrogens with zero attached hydrogens (tertiary/aromatic N) is 2. The Morgan fingerprint density at radius 1 is 1.08 bits per heavy atom. The minimum absolute atomic E-state index is 0.166. The number of aromatic nitrogens is 1. The fraction of sp³-hybridized carbons (Fsp3) is 0.333. The van der Waals surface area contributed by atoms with Crippen molar-refractivity contribution in [2.45, 2.75) is 50.6 Å². The fourth-order valence-corrected chi connectivity index (χ4v) is 5.80. The van der Waals surface area contributed by atoms with Crippen LogP contribution in [0.5, 0.6) is 0 Å². The van der Waals surface area contributed by atoms with E-state index in [1.54, 1.807) is 11.8 Å². The Labute approximate surface area is 238 Å². The van der Waals surface area contributed by atoms with Crippen molar-refractivity contribution in [1.29, 1.82) is 0 Å². The number of amides is 2. The zero-order valence-electron chi connectivity index (χ0n) is 22.7. The first-order valence-electron chi connectivity index (χ1n) is 12.6. The maximum absolute atomic E-state index is 13.8. The number of benzene rings is 2. The monoisotopic (exact) mass is 567 g/mol. The average Bonchev–Trinajstić information content (AvgIpc) is 3.24. The smallest absolute Gasteiger partial charge is 0.322 e. The van der Waals surface area contributed by atoms with Gasteiger partial charge in [-0.05, 0) is 74.6 Å². The lowest BCUT2D eigenvalue weighted by atomic mass is 10.0. The van der Waals surface area contributed by atoms with Crippen LogP contribution in [0.15, 0.2) is 62.9 Å². The van der Waals surface area contributed by atoms with E-state index in [-0.39, 0.29) is 6.03 Å². The van der Waals surface area contributed by atoms with Gasteiger partial charge in [0.05, 0.1) is 12.2 Å². The summed E-state index contributed by atoms with van der Waals surface area (Å²) in [5.74, 6) is 1.20. The Bertz CT molecular complexity index is 1410. The van der Waals surface area contributed by atoms with Crippen molar-refractivity contribution in [3.63, 3.8) is 0 Å². The van der Waals surface area contributed by atoms with Crippen LogP contribution in [-0.4, -0.2) is 35.0 Å². The molecule has 0 bridgehead atoms. The van der Waals surface area contributed by atoms with E-state index >= 15 is 0 Å². The van der Waals surface area contributed by atoms with Gasteiger partial charge in [-0.3, -0.25) is 0 Å². The van der Waals surface area contributed by atoms with Crippen molar-refractivity contribution in [3.05, 3.63) is 70.6 Å². The van der Waals surface area contributed by atoms with Crippen LogP contribution in [0.1, 0.15) is 37.3 Å². The number of aryl methyl sites for hydroxylation is 2. The molecule has 4 aromatic rings. The van der Waals surface area contributed by atoms with E-state index in [1.807, 2.05) is 66.8 Å². The minimum atomic E-state index is -0.166. The van der Waals surface area contributed by atoms with E-state index in [1.165, 1.54) is 11.8 Å². The number of fused-ring (bicyclic) bond motifs is 1. The fourth-order valence-electron chi connectivity index (χ4n) is 4.37. The van der Waals surface area contributed by atoms with Crippen LogP contribution < -0.4 is 5.32 Å². The number of nitrogens with one attached hydrogen (secondary N) is 1. The second-order valence-electron chi connectivity index (χ2n) is 9.79. The largest absolute Gasteiger partial charge is 0.459 e. The summed E-state index contributed by atoms with van der Waals surface area (Å²) >= 11 is 9.33. The molecule has 38 heavy (non-hydrogen) atoms. The van der Waals surface area contributed by atoms with Gasteiger partial charge in [-0.15, -0.1) is 23.5 Å². The number of hydrogen-bond acceptors (Lipinski definition) is 5. The molecule has 2 aromatic carbocycles. The molecular weight excluding hydrogens is 534 g/mol. The number of hydrogen-bond donors (Lipinski definition) is 1. The third-order valence-corrected chi connectivity index (χ3v) is 8.07. The van der Waals surface area contributed by atoms with Crippen molar-refractivity contribution >= 4 is 57.8 Å². The van der Waals surface area contributed by atoms with Gasteiger partial charge in [0.1, 0.15) is 16.4 Å². The van der Waals surface area contributed by atoms with Crippen LogP contribution in [0, 0.1) is 19.8 Å². The highest BCUT2D eigenvalue weighted by Gasteiger charge is 2.24. The molecule has 2 heterocycles. The van der Waals surface area contributed by atoms with Crippen molar-refractivity contribution < 1.29 is 9.21 Å². The maximum Gasteiger partial charge on any atom is 0.322 e. The van der Waals surface area contributed by atoms with E-state index in [0.717, 1.165) is 61.1 Å². The summed E-state index contributed by atoms with van der Waals surface area (Å²) in [6.07, 6.45) is 4.87. The van der Waals surface area contributed by atoms with Crippen molar-refractivity contribution in [1.82, 2.24) is 9.88 Å². The van der Waals surface area contributed by atoms with Crippen molar-refractivity contribution in [2.24, 2.45) is 5.92 Å². The van der Waals surface area contributed by atoms with Gasteiger partial charge in [0.2, 0.25) is 0 Å². The predicted octanol–water partition coefficient (Wildman–Crippen LogP) is 9.29. The molecule has 0 unspecified atom stereocenters. The molecule has 200 valence electrons. The number of pyridine rings is 1. The van der Waals surface area contributed by atoms with E-state index in [4.69, 9.17) is 16.0 Å².